The van der Waals surface area contributed by atoms with E-state index < -0.39 is 29.8 Å². The van der Waals surface area contributed by atoms with E-state index in [9.17, 15) is 18.8 Å². The molecule has 4 amide bonds. The van der Waals surface area contributed by atoms with Crippen LogP contribution in [0.5, 0.6) is 0 Å². The molecule has 40 heavy (non-hydrogen) atoms. The first-order chi connectivity index (χ1) is 19.0. The number of aromatic nitrogens is 4. The van der Waals surface area contributed by atoms with Crippen LogP contribution in [0.25, 0.3) is 22.3 Å². The zero-order valence-corrected chi connectivity index (χ0v) is 23.1. The summed E-state index contributed by atoms with van der Waals surface area (Å²) in [5, 5.41) is 13.2. The van der Waals surface area contributed by atoms with Crippen LogP contribution in [0.1, 0.15) is 39.2 Å². The predicted molar refractivity (Wildman–Crippen MR) is 149 cm³/mol. The molecule has 1 aliphatic heterocycles. The minimum Gasteiger partial charge on any atom is -0.351 e. The van der Waals surface area contributed by atoms with Crippen LogP contribution in [0, 0.1) is 5.82 Å². The molecular formula is C27H30ClFN8O3. The first-order valence-corrected chi connectivity index (χ1v) is 13.2. The van der Waals surface area contributed by atoms with Crippen LogP contribution in [0.2, 0.25) is 5.02 Å². The number of carbonyl (C=O) groups excluding carboxylic acids is 3. The number of anilines is 1. The van der Waals surface area contributed by atoms with Gasteiger partial charge in [0, 0.05) is 35.8 Å². The van der Waals surface area contributed by atoms with E-state index >= 15 is 0 Å². The van der Waals surface area contributed by atoms with Gasteiger partial charge in [-0.1, -0.05) is 29.8 Å². The van der Waals surface area contributed by atoms with E-state index in [4.69, 9.17) is 17.3 Å². The zero-order chi connectivity index (χ0) is 28.8. The molecule has 1 atom stereocenters. The van der Waals surface area contributed by atoms with Crippen molar-refractivity contribution in [3.05, 3.63) is 59.0 Å². The lowest BCUT2D eigenvalue weighted by molar-refractivity contribution is -0.124. The average Bonchev–Trinajstić information content (AvgIpc) is 3.49. The van der Waals surface area contributed by atoms with Gasteiger partial charge in [0.1, 0.15) is 11.9 Å². The van der Waals surface area contributed by atoms with Crippen molar-refractivity contribution in [2.24, 2.45) is 5.73 Å². The molecule has 0 saturated carbocycles. The number of urea groups is 1. The Labute approximate surface area is 234 Å². The molecule has 1 fully saturated rings. The number of benzene rings is 2. The number of nitrogens with zero attached hydrogens (tertiary/aromatic N) is 4. The number of H-pyrrole nitrogens is 1. The summed E-state index contributed by atoms with van der Waals surface area (Å²) in [6.45, 7) is 6.25. The Morgan fingerprint density at radius 2 is 1.98 bits per heavy atom. The van der Waals surface area contributed by atoms with E-state index in [1.54, 1.807) is 30.3 Å². The van der Waals surface area contributed by atoms with E-state index in [0.717, 1.165) is 0 Å². The second kappa shape index (κ2) is 10.3. The van der Waals surface area contributed by atoms with Crippen molar-refractivity contribution in [3.63, 3.8) is 0 Å². The van der Waals surface area contributed by atoms with Crippen molar-refractivity contribution >= 4 is 46.2 Å². The van der Waals surface area contributed by atoms with Gasteiger partial charge < -0.3 is 21.3 Å². The summed E-state index contributed by atoms with van der Waals surface area (Å²) >= 11 is 6.18. The molecule has 13 heteroatoms. The Bertz CT molecular complexity index is 1620. The molecule has 4 aromatic rings. The maximum atomic E-state index is 14.9. The van der Waals surface area contributed by atoms with Gasteiger partial charge in [-0.05, 0) is 51.8 Å². The average molecular weight is 569 g/mol. The third kappa shape index (κ3) is 5.02. The van der Waals surface area contributed by atoms with E-state index in [0.29, 0.717) is 47.4 Å². The van der Waals surface area contributed by atoms with Gasteiger partial charge in [0.25, 0.3) is 0 Å². The first kappa shape index (κ1) is 27.3. The highest BCUT2D eigenvalue weighted by Gasteiger charge is 2.34. The summed E-state index contributed by atoms with van der Waals surface area (Å²) in [6.07, 6.45) is 2.53. The monoisotopic (exact) mass is 568 g/mol. The van der Waals surface area contributed by atoms with Crippen molar-refractivity contribution in [1.29, 1.82) is 0 Å². The summed E-state index contributed by atoms with van der Waals surface area (Å²) in [5.74, 6) is -0.432. The molecule has 5 rings (SSSR count). The smallest absolute Gasteiger partial charge is 0.323 e. The zero-order valence-electron chi connectivity index (χ0n) is 22.3. The number of nitrogens with one attached hydrogen (secondary N) is 3. The second-order valence-corrected chi connectivity index (χ2v) is 11.1. The molecule has 1 saturated heterocycles. The number of hydrogen-bond acceptors (Lipinski definition) is 4. The number of fused-ring (bicyclic) bond motifs is 1. The summed E-state index contributed by atoms with van der Waals surface area (Å²) in [4.78, 5) is 39.6. The fraction of sp³-hybridized carbons (Fsp3) is 0.333. The SMILES string of the molecule is CC(C)(C)n1[nH]nc1-c1cc(Cl)c(F)c(CNC(=O)[C@@H]2CCCN2C(=O)Nc2cn(C(N)=O)c3ccccc23)c1. The van der Waals surface area contributed by atoms with E-state index in [1.807, 2.05) is 25.5 Å². The molecule has 3 heterocycles. The largest absolute Gasteiger partial charge is 0.351 e. The molecule has 210 valence electrons. The number of primary amides is 1. The predicted octanol–water partition coefficient (Wildman–Crippen LogP) is 4.62. The molecule has 11 nitrogen and oxygen atoms in total. The van der Waals surface area contributed by atoms with Crippen LogP contribution in [0.3, 0.4) is 0 Å². The third-order valence-electron chi connectivity index (χ3n) is 6.96. The van der Waals surface area contributed by atoms with Crippen LogP contribution in [-0.4, -0.2) is 55.0 Å². The molecule has 0 radical (unpaired) electrons. The standard InChI is InChI=1S/C27H30ClFN8O3/c1-27(2,3)37-23(33-34-37)15-11-16(22(29)18(28)12-15)13-31-24(38)21-9-6-10-35(21)26(40)32-19-14-36(25(30)39)20-8-5-4-7-17(19)20/h4-5,7-8,11-12,14,21,34H,6,9-10,13H2,1-3H3,(H2,30,39)(H,31,38)(H,32,40)/t21-/m0/s1. The highest BCUT2D eigenvalue weighted by atomic mass is 35.5. The Balaban J connectivity index is 1.30. The molecule has 0 unspecified atom stereocenters. The second-order valence-electron chi connectivity index (χ2n) is 10.7. The van der Waals surface area contributed by atoms with Crippen LogP contribution in [0.15, 0.2) is 42.6 Å². The van der Waals surface area contributed by atoms with Crippen molar-refractivity contribution in [2.75, 3.05) is 11.9 Å². The number of rotatable bonds is 5. The lowest BCUT2D eigenvalue weighted by Gasteiger charge is -2.28. The Kier molecular flexibility index (Phi) is 7.05. The first-order valence-electron chi connectivity index (χ1n) is 12.8. The van der Waals surface area contributed by atoms with Gasteiger partial charge >= 0.3 is 12.1 Å². The van der Waals surface area contributed by atoms with Crippen molar-refractivity contribution in [1.82, 2.24) is 29.8 Å². The lowest BCUT2D eigenvalue weighted by Crippen LogP contribution is -2.47. The van der Waals surface area contributed by atoms with Gasteiger partial charge in [0.05, 0.1) is 21.8 Å². The molecule has 0 bridgehead atoms. The minimum absolute atomic E-state index is 0.0813. The number of likely N-dealkylation sites (tertiary alicyclic amines) is 1. The highest BCUT2D eigenvalue weighted by molar-refractivity contribution is 6.31. The maximum absolute atomic E-state index is 14.9. The number of hydrogen-bond donors (Lipinski definition) is 4. The Morgan fingerprint density at radius 3 is 2.65 bits per heavy atom. The van der Waals surface area contributed by atoms with Crippen LogP contribution in [0.4, 0.5) is 19.7 Å². The fourth-order valence-corrected chi connectivity index (χ4v) is 5.19. The number of aromatic amines is 1. The van der Waals surface area contributed by atoms with Crippen LogP contribution >= 0.6 is 11.6 Å². The Morgan fingerprint density at radius 1 is 1.23 bits per heavy atom. The van der Waals surface area contributed by atoms with Gasteiger partial charge in [-0.3, -0.25) is 9.36 Å². The van der Waals surface area contributed by atoms with Gasteiger partial charge in [0.2, 0.25) is 5.91 Å². The molecule has 2 aromatic carbocycles. The molecule has 1 aliphatic rings. The Hall–Kier alpha value is -4.32. The number of amides is 4. The third-order valence-corrected chi connectivity index (χ3v) is 7.24. The molecule has 0 aliphatic carbocycles. The van der Waals surface area contributed by atoms with Crippen molar-refractivity contribution in [3.8, 4) is 11.4 Å². The van der Waals surface area contributed by atoms with E-state index in [-0.39, 0.29) is 22.7 Å². The summed E-state index contributed by atoms with van der Waals surface area (Å²) in [5.41, 5.74) is 6.97. The topological polar surface area (TPSA) is 143 Å². The molecular weight excluding hydrogens is 539 g/mol. The number of halogens is 2. The molecule has 5 N–H and O–H groups in total. The van der Waals surface area contributed by atoms with Crippen LogP contribution < -0.4 is 16.4 Å². The molecule has 0 spiro atoms. The van der Waals surface area contributed by atoms with Gasteiger partial charge in [-0.2, -0.15) is 0 Å². The lowest BCUT2D eigenvalue weighted by atomic mass is 10.1. The van der Waals surface area contributed by atoms with Gasteiger partial charge in [-0.15, -0.1) is 5.10 Å². The fourth-order valence-electron chi connectivity index (χ4n) is 4.95. The highest BCUT2D eigenvalue weighted by Crippen LogP contribution is 2.30. The van der Waals surface area contributed by atoms with Crippen LogP contribution in [-0.2, 0) is 16.9 Å². The van der Waals surface area contributed by atoms with Crippen molar-refractivity contribution < 1.29 is 18.8 Å². The number of carbonyl (C=O) groups is 3. The summed E-state index contributed by atoms with van der Waals surface area (Å²) in [7, 11) is 0. The normalized spacial score (nSPS) is 15.5. The number of nitrogens with two attached hydrogens (primary N) is 1. The quantitative estimate of drug-likeness (QED) is 0.278. The van der Waals surface area contributed by atoms with E-state index in [1.165, 1.54) is 21.7 Å². The molecule has 2 aromatic heterocycles. The summed E-state index contributed by atoms with van der Waals surface area (Å²) in [6, 6.07) is 8.21. The van der Waals surface area contributed by atoms with Crippen molar-refractivity contribution in [2.45, 2.75) is 51.7 Å². The minimum atomic E-state index is -0.747. The maximum Gasteiger partial charge on any atom is 0.323 e. The summed E-state index contributed by atoms with van der Waals surface area (Å²) < 4.78 is 18.0. The number of para-hydroxylation sites is 1. The van der Waals surface area contributed by atoms with E-state index in [2.05, 4.69) is 20.9 Å². The van der Waals surface area contributed by atoms with Gasteiger partial charge in [-0.25, -0.2) is 23.9 Å². The van der Waals surface area contributed by atoms with Gasteiger partial charge in [0.15, 0.2) is 5.82 Å².